The molecule has 1 unspecified atom stereocenters. The van der Waals surface area contributed by atoms with Gasteiger partial charge in [0.25, 0.3) is 0 Å². The molecule has 0 amide bonds. The highest BCUT2D eigenvalue weighted by molar-refractivity contribution is 5.88. The van der Waals surface area contributed by atoms with Crippen molar-refractivity contribution in [2.45, 2.75) is 6.04 Å². The van der Waals surface area contributed by atoms with Crippen molar-refractivity contribution >= 4 is 18.1 Å². The molecule has 0 fully saturated rings. The molecule has 0 saturated carbocycles. The van der Waals surface area contributed by atoms with E-state index in [1.54, 1.807) is 0 Å². The first-order valence-corrected chi connectivity index (χ1v) is 5.96. The van der Waals surface area contributed by atoms with Crippen molar-refractivity contribution in [2.24, 2.45) is 0 Å². The van der Waals surface area contributed by atoms with E-state index in [0.717, 1.165) is 28.7 Å². The summed E-state index contributed by atoms with van der Waals surface area (Å²) < 4.78 is 0. The molecule has 1 atom stereocenters. The maximum atomic E-state index is 11.1. The van der Waals surface area contributed by atoms with E-state index in [0.29, 0.717) is 0 Å². The molecule has 0 bridgehead atoms. The van der Waals surface area contributed by atoms with Gasteiger partial charge in [0.15, 0.2) is 0 Å². The Morgan fingerprint density at radius 2 is 1.67 bits per heavy atom. The quantitative estimate of drug-likeness (QED) is 0.811. The fourth-order valence-corrected chi connectivity index (χ4v) is 2.28. The number of hydrogen-bond donors (Lipinski definition) is 1. The molecular formula is C16H13NO. The zero-order valence-electron chi connectivity index (χ0n) is 9.84. The van der Waals surface area contributed by atoms with E-state index in [9.17, 15) is 4.79 Å². The van der Waals surface area contributed by atoms with Crippen LogP contribution in [0.4, 0.5) is 0 Å². The summed E-state index contributed by atoms with van der Waals surface area (Å²) in [5, 5.41) is 3.25. The van der Waals surface area contributed by atoms with Crippen molar-refractivity contribution in [3.63, 3.8) is 0 Å². The van der Waals surface area contributed by atoms with Crippen LogP contribution in [-0.4, -0.2) is 6.29 Å². The molecular weight excluding hydrogens is 222 g/mol. The van der Waals surface area contributed by atoms with E-state index in [1.165, 1.54) is 0 Å². The molecule has 2 heteroatoms. The van der Waals surface area contributed by atoms with E-state index < -0.39 is 0 Å². The van der Waals surface area contributed by atoms with Crippen molar-refractivity contribution in [3.05, 3.63) is 71.3 Å². The molecule has 2 aromatic carbocycles. The normalized spacial score (nSPS) is 19.3. The van der Waals surface area contributed by atoms with E-state index in [2.05, 4.69) is 11.4 Å². The number of hydrogen-bond acceptors (Lipinski definition) is 2. The van der Waals surface area contributed by atoms with Crippen LogP contribution in [0, 0.1) is 0 Å². The molecule has 18 heavy (non-hydrogen) atoms. The first-order valence-electron chi connectivity index (χ1n) is 5.96. The number of carbonyl (C=O) groups is 1. The number of rotatable bonds is 2. The smallest absolute Gasteiger partial charge is 0.146 e. The lowest BCUT2D eigenvalue weighted by Crippen LogP contribution is -2.12. The van der Waals surface area contributed by atoms with Crippen molar-refractivity contribution in [2.75, 3.05) is 0 Å². The van der Waals surface area contributed by atoms with Crippen LogP contribution in [0.3, 0.4) is 0 Å². The molecule has 1 heterocycles. The topological polar surface area (TPSA) is 29.1 Å². The first kappa shape index (κ1) is 10.8. The molecule has 0 aliphatic carbocycles. The van der Waals surface area contributed by atoms with Gasteiger partial charge in [-0.1, -0.05) is 54.6 Å². The molecule has 0 spiro atoms. The summed E-state index contributed by atoms with van der Waals surface area (Å²) in [6.45, 7) is 0. The molecule has 0 radical (unpaired) electrons. The van der Waals surface area contributed by atoms with Crippen molar-refractivity contribution in [3.8, 4) is 0 Å². The summed E-state index contributed by atoms with van der Waals surface area (Å²) in [5.74, 6) is 0. The van der Waals surface area contributed by atoms with Gasteiger partial charge in [0.1, 0.15) is 12.3 Å². The third-order valence-corrected chi connectivity index (χ3v) is 3.14. The Morgan fingerprint density at radius 3 is 2.44 bits per heavy atom. The second kappa shape index (κ2) is 4.49. The molecule has 2 nitrogen and oxygen atoms in total. The molecule has 88 valence electrons. The largest absolute Gasteiger partial charge is 0.371 e. The van der Waals surface area contributed by atoms with Gasteiger partial charge < -0.3 is 10.1 Å². The van der Waals surface area contributed by atoms with Gasteiger partial charge in [-0.05, 0) is 17.2 Å². The number of aldehydes is 1. The minimum Gasteiger partial charge on any atom is -0.371 e. The highest BCUT2D eigenvalue weighted by Gasteiger charge is 2.24. The van der Waals surface area contributed by atoms with Crippen molar-refractivity contribution in [1.82, 2.24) is 5.32 Å². The zero-order chi connectivity index (χ0) is 12.4. The van der Waals surface area contributed by atoms with Gasteiger partial charge >= 0.3 is 0 Å². The van der Waals surface area contributed by atoms with Crippen LogP contribution in [0.25, 0.3) is 11.8 Å². The van der Waals surface area contributed by atoms with Gasteiger partial charge in [0.2, 0.25) is 0 Å². The van der Waals surface area contributed by atoms with Gasteiger partial charge in [-0.15, -0.1) is 0 Å². The Hall–Kier alpha value is -2.35. The second-order valence-corrected chi connectivity index (χ2v) is 4.31. The zero-order valence-corrected chi connectivity index (χ0v) is 9.84. The Labute approximate surface area is 106 Å². The second-order valence-electron chi connectivity index (χ2n) is 4.31. The van der Waals surface area contributed by atoms with E-state index in [-0.39, 0.29) is 6.04 Å². The van der Waals surface area contributed by atoms with Gasteiger partial charge in [0, 0.05) is 11.3 Å². The number of carbonyl (C=O) groups excluding carboxylic acids is 1. The monoisotopic (exact) mass is 235 g/mol. The maximum absolute atomic E-state index is 11.1. The molecule has 0 saturated heterocycles. The molecule has 2 aromatic rings. The molecule has 0 aromatic heterocycles. The van der Waals surface area contributed by atoms with Crippen LogP contribution in [0.5, 0.6) is 0 Å². The third kappa shape index (κ3) is 1.82. The highest BCUT2D eigenvalue weighted by Crippen LogP contribution is 2.32. The Balaban J connectivity index is 2.06. The number of fused-ring (bicyclic) bond motifs is 1. The van der Waals surface area contributed by atoms with Crippen LogP contribution >= 0.6 is 0 Å². The first-order chi connectivity index (χ1) is 8.88. The fourth-order valence-electron chi connectivity index (χ4n) is 2.28. The third-order valence-electron chi connectivity index (χ3n) is 3.14. The molecule has 1 aliphatic heterocycles. The minimum absolute atomic E-state index is 0.226. The Bertz CT molecular complexity index is 602. The average Bonchev–Trinajstić information content (AvgIpc) is 2.78. The summed E-state index contributed by atoms with van der Waals surface area (Å²) in [5.41, 5.74) is 4.29. The van der Waals surface area contributed by atoms with Gasteiger partial charge in [-0.25, -0.2) is 0 Å². The van der Waals surface area contributed by atoms with Crippen molar-refractivity contribution < 1.29 is 4.79 Å². The van der Waals surface area contributed by atoms with Gasteiger partial charge in [-0.3, -0.25) is 0 Å². The predicted molar refractivity (Wildman–Crippen MR) is 72.7 cm³/mol. The lowest BCUT2D eigenvalue weighted by Gasteiger charge is -2.03. The fraction of sp³-hybridized carbons (Fsp3) is 0.0625. The molecule has 1 N–H and O–H groups in total. The van der Waals surface area contributed by atoms with Crippen LogP contribution in [0.15, 0.2) is 54.6 Å². The SMILES string of the molecule is O=CC1NC(=Cc2ccccc2)c2ccccc21. The number of benzene rings is 2. The number of nitrogens with one attached hydrogen (secondary N) is 1. The van der Waals surface area contributed by atoms with Crippen molar-refractivity contribution in [1.29, 1.82) is 0 Å². The lowest BCUT2D eigenvalue weighted by atomic mass is 10.0. The summed E-state index contributed by atoms with van der Waals surface area (Å²) in [6, 6.07) is 17.9. The van der Waals surface area contributed by atoms with Crippen LogP contribution < -0.4 is 5.32 Å². The van der Waals surface area contributed by atoms with E-state index >= 15 is 0 Å². The summed E-state index contributed by atoms with van der Waals surface area (Å²) in [6.07, 6.45) is 3.02. The van der Waals surface area contributed by atoms with Crippen LogP contribution in [-0.2, 0) is 4.79 Å². The van der Waals surface area contributed by atoms with Gasteiger partial charge in [0.05, 0.1) is 0 Å². The molecule has 1 aliphatic rings. The van der Waals surface area contributed by atoms with Crippen LogP contribution in [0.2, 0.25) is 0 Å². The Kier molecular flexibility index (Phi) is 2.69. The van der Waals surface area contributed by atoms with E-state index in [4.69, 9.17) is 0 Å². The summed E-state index contributed by atoms with van der Waals surface area (Å²) >= 11 is 0. The highest BCUT2D eigenvalue weighted by atomic mass is 16.1. The Morgan fingerprint density at radius 1 is 0.944 bits per heavy atom. The standard InChI is InChI=1S/C16H13NO/c18-11-16-14-9-5-4-8-13(14)15(17-16)10-12-6-2-1-3-7-12/h1-11,16-17H. The molecule has 3 rings (SSSR count). The lowest BCUT2D eigenvalue weighted by molar-refractivity contribution is -0.109. The van der Waals surface area contributed by atoms with Crippen LogP contribution in [0.1, 0.15) is 22.7 Å². The maximum Gasteiger partial charge on any atom is 0.146 e. The van der Waals surface area contributed by atoms with E-state index in [1.807, 2.05) is 54.6 Å². The predicted octanol–water partition coefficient (Wildman–Crippen LogP) is 3.03. The average molecular weight is 235 g/mol. The summed E-state index contributed by atoms with van der Waals surface area (Å²) in [7, 11) is 0. The summed E-state index contributed by atoms with van der Waals surface area (Å²) in [4.78, 5) is 11.1. The van der Waals surface area contributed by atoms with Gasteiger partial charge in [-0.2, -0.15) is 0 Å². The minimum atomic E-state index is -0.226.